The molecule has 1 aliphatic carbocycles. The first-order valence-corrected chi connectivity index (χ1v) is 19.6. The molecule has 0 bridgehead atoms. The second-order valence-electron chi connectivity index (χ2n) is 13.2. The molecule has 0 spiro atoms. The number of hydrogen-bond donors (Lipinski definition) is 0. The quantitative estimate of drug-likeness (QED) is 0.128. The molecule has 2 aliphatic rings. The van der Waals surface area contributed by atoms with Crippen molar-refractivity contribution in [2.45, 2.75) is 70.0 Å². The molecule has 1 heterocycles. The maximum atomic E-state index is 6.18. The fourth-order valence-corrected chi connectivity index (χ4v) is 14.1. The van der Waals surface area contributed by atoms with Gasteiger partial charge in [0.15, 0.2) is 6.29 Å². The van der Waals surface area contributed by atoms with E-state index in [0.29, 0.717) is 17.2 Å². The summed E-state index contributed by atoms with van der Waals surface area (Å²) in [7, 11) is -1.31. The Morgan fingerprint density at radius 1 is 0.622 bits per heavy atom. The van der Waals surface area contributed by atoms with Crippen LogP contribution in [-0.2, 0) is 9.47 Å². The van der Waals surface area contributed by atoms with E-state index in [1.165, 1.54) is 33.2 Å². The summed E-state index contributed by atoms with van der Waals surface area (Å²) in [5.74, 6) is 0.413. The fourth-order valence-electron chi connectivity index (χ4n) is 7.43. The van der Waals surface area contributed by atoms with Crippen LogP contribution in [0.3, 0.4) is 0 Å². The van der Waals surface area contributed by atoms with Crippen LogP contribution >= 0.6 is 15.8 Å². The van der Waals surface area contributed by atoms with Crippen molar-refractivity contribution in [1.82, 2.24) is 0 Å². The smallest absolute Gasteiger partial charge is 0.157 e. The standard InChI is InChI=1S/C41H48O2P2/c1-32-37(41(2,3)28-27-39-42-29-17-8-18-30-43-39)31-38(44(33-19-9-4-10-20-33)34-21-11-5-12-22-34)40(32)45(35-23-13-6-14-24-35)36-25-15-7-16-26-36/h4-7,9-16,19-26,37-40H,1,8,17-18,27-31H2,2-3H3/t37?,38?,40-/m0/s1. The molecule has 4 aromatic rings. The molecule has 2 fully saturated rings. The Bertz CT molecular complexity index is 1390. The molecule has 0 aromatic heterocycles. The first-order chi connectivity index (χ1) is 22.0. The number of hydrogen-bond acceptors (Lipinski definition) is 2. The van der Waals surface area contributed by atoms with Crippen molar-refractivity contribution in [2.24, 2.45) is 11.3 Å². The Hall–Kier alpha value is -2.60. The number of rotatable bonds is 10. The van der Waals surface area contributed by atoms with Gasteiger partial charge in [0.1, 0.15) is 0 Å². The number of allylic oxidation sites excluding steroid dienone is 1. The molecular weight excluding hydrogens is 586 g/mol. The second-order valence-corrected chi connectivity index (χ2v) is 18.0. The SMILES string of the molecule is C=C1C(C(C)(C)CCC2OCCCCCO2)CC(P(c2ccccc2)c2ccccc2)[C@H]1P(c1ccccc1)c1ccccc1. The lowest BCUT2D eigenvalue weighted by Crippen LogP contribution is -2.32. The highest BCUT2D eigenvalue weighted by atomic mass is 31.1. The molecule has 45 heavy (non-hydrogen) atoms. The Labute approximate surface area is 273 Å². The van der Waals surface area contributed by atoms with E-state index in [1.54, 1.807) is 0 Å². The van der Waals surface area contributed by atoms with Gasteiger partial charge in [-0.3, -0.25) is 0 Å². The van der Waals surface area contributed by atoms with Crippen molar-refractivity contribution in [2.75, 3.05) is 13.2 Å². The lowest BCUT2D eigenvalue weighted by atomic mass is 9.73. The van der Waals surface area contributed by atoms with Crippen LogP contribution in [0, 0.1) is 11.3 Å². The highest BCUT2D eigenvalue weighted by Gasteiger charge is 2.50. The van der Waals surface area contributed by atoms with Crippen molar-refractivity contribution in [3.8, 4) is 0 Å². The van der Waals surface area contributed by atoms with E-state index in [1.807, 2.05) is 0 Å². The molecular formula is C41H48O2P2. The van der Waals surface area contributed by atoms with Crippen LogP contribution in [0.4, 0.5) is 0 Å². The van der Waals surface area contributed by atoms with Gasteiger partial charge in [-0.2, -0.15) is 0 Å². The van der Waals surface area contributed by atoms with Crippen LogP contribution in [0.15, 0.2) is 133 Å². The molecule has 2 unspecified atom stereocenters. The Morgan fingerprint density at radius 2 is 1.04 bits per heavy atom. The summed E-state index contributed by atoms with van der Waals surface area (Å²) in [6.07, 6.45) is 6.52. The zero-order valence-corrected chi connectivity index (χ0v) is 28.7. The van der Waals surface area contributed by atoms with Gasteiger partial charge >= 0.3 is 0 Å². The molecule has 4 heteroatoms. The first kappa shape index (κ1) is 32.3. The molecule has 2 nitrogen and oxygen atoms in total. The molecule has 234 valence electrons. The lowest BCUT2D eigenvalue weighted by Gasteiger charge is -2.36. The first-order valence-electron chi connectivity index (χ1n) is 16.7. The average molecular weight is 635 g/mol. The predicted octanol–water partition coefficient (Wildman–Crippen LogP) is 8.92. The van der Waals surface area contributed by atoms with Gasteiger partial charge in [-0.1, -0.05) is 147 Å². The van der Waals surface area contributed by atoms with Crippen LogP contribution in [0.2, 0.25) is 0 Å². The van der Waals surface area contributed by atoms with E-state index in [0.717, 1.165) is 45.3 Å². The maximum absolute atomic E-state index is 6.18. The maximum Gasteiger partial charge on any atom is 0.157 e. The highest BCUT2D eigenvalue weighted by Crippen LogP contribution is 2.63. The van der Waals surface area contributed by atoms with Crippen LogP contribution in [-0.4, -0.2) is 30.8 Å². The van der Waals surface area contributed by atoms with Crippen LogP contribution in [0.5, 0.6) is 0 Å². The van der Waals surface area contributed by atoms with Gasteiger partial charge in [-0.05, 0) is 92.6 Å². The Kier molecular flexibility index (Phi) is 11.0. The molecule has 0 N–H and O–H groups in total. The van der Waals surface area contributed by atoms with Crippen LogP contribution < -0.4 is 21.2 Å². The normalized spacial score (nSPS) is 21.6. The topological polar surface area (TPSA) is 18.5 Å². The Balaban J connectivity index is 1.42. The van der Waals surface area contributed by atoms with E-state index >= 15 is 0 Å². The van der Waals surface area contributed by atoms with E-state index in [4.69, 9.17) is 16.1 Å². The third kappa shape index (κ3) is 7.69. The summed E-state index contributed by atoms with van der Waals surface area (Å²) in [5, 5.41) is 5.82. The van der Waals surface area contributed by atoms with Crippen LogP contribution in [0.1, 0.15) is 52.4 Å². The van der Waals surface area contributed by atoms with Gasteiger partial charge in [0.05, 0.1) is 0 Å². The summed E-state index contributed by atoms with van der Waals surface area (Å²) in [4.78, 5) is 0. The van der Waals surface area contributed by atoms with Crippen molar-refractivity contribution < 1.29 is 9.47 Å². The van der Waals surface area contributed by atoms with Crippen LogP contribution in [0.25, 0.3) is 0 Å². The number of benzene rings is 4. The predicted molar refractivity (Wildman–Crippen MR) is 196 cm³/mol. The van der Waals surface area contributed by atoms with E-state index in [2.05, 4.69) is 135 Å². The number of ether oxygens (including phenoxy) is 2. The molecule has 0 amide bonds. The fraction of sp³-hybridized carbons (Fsp3) is 0.366. The van der Waals surface area contributed by atoms with Crippen molar-refractivity contribution in [3.05, 3.63) is 133 Å². The zero-order valence-electron chi connectivity index (χ0n) is 26.9. The molecule has 3 atom stereocenters. The molecule has 1 saturated carbocycles. The van der Waals surface area contributed by atoms with Gasteiger partial charge in [0, 0.05) is 18.9 Å². The minimum atomic E-state index is -0.678. The monoisotopic (exact) mass is 634 g/mol. The van der Waals surface area contributed by atoms with Gasteiger partial charge in [-0.25, -0.2) is 0 Å². The summed E-state index contributed by atoms with van der Waals surface area (Å²) in [6.45, 7) is 11.6. The molecule has 1 saturated heterocycles. The van der Waals surface area contributed by atoms with E-state index in [9.17, 15) is 0 Å². The largest absolute Gasteiger partial charge is 0.353 e. The van der Waals surface area contributed by atoms with Gasteiger partial charge < -0.3 is 9.47 Å². The second kappa shape index (κ2) is 15.3. The van der Waals surface area contributed by atoms with Gasteiger partial charge in [0.2, 0.25) is 0 Å². The average Bonchev–Trinajstić information content (AvgIpc) is 3.39. The molecule has 4 aromatic carbocycles. The van der Waals surface area contributed by atoms with Gasteiger partial charge in [0.25, 0.3) is 0 Å². The summed E-state index contributed by atoms with van der Waals surface area (Å²) in [5.41, 5.74) is 2.36. The summed E-state index contributed by atoms with van der Waals surface area (Å²) >= 11 is 0. The molecule has 0 radical (unpaired) electrons. The van der Waals surface area contributed by atoms with Crippen molar-refractivity contribution in [1.29, 1.82) is 0 Å². The minimum Gasteiger partial charge on any atom is -0.353 e. The van der Waals surface area contributed by atoms with Gasteiger partial charge in [-0.15, -0.1) is 0 Å². The highest BCUT2D eigenvalue weighted by molar-refractivity contribution is 7.77. The third-order valence-electron chi connectivity index (χ3n) is 9.78. The van der Waals surface area contributed by atoms with E-state index < -0.39 is 15.8 Å². The minimum absolute atomic E-state index is 0.0714. The van der Waals surface area contributed by atoms with Crippen molar-refractivity contribution in [3.63, 3.8) is 0 Å². The zero-order chi connectivity index (χ0) is 31.1. The Morgan fingerprint density at radius 3 is 1.49 bits per heavy atom. The summed E-state index contributed by atoms with van der Waals surface area (Å²) < 4.78 is 12.4. The molecule has 6 rings (SSSR count). The van der Waals surface area contributed by atoms with Crippen molar-refractivity contribution >= 4 is 37.1 Å². The third-order valence-corrected chi connectivity index (χ3v) is 15.9. The molecule has 1 aliphatic heterocycles. The van der Waals surface area contributed by atoms with E-state index in [-0.39, 0.29) is 11.7 Å². The lowest BCUT2D eigenvalue weighted by molar-refractivity contribution is -0.158. The summed E-state index contributed by atoms with van der Waals surface area (Å²) in [6, 6.07) is 45.3.